The number of aryl methyl sites for hydroxylation is 1. The molecule has 2 aromatic heterocycles. The van der Waals surface area contributed by atoms with Crippen LogP contribution < -0.4 is 5.73 Å². The summed E-state index contributed by atoms with van der Waals surface area (Å²) in [5.41, 5.74) is 7.69. The van der Waals surface area contributed by atoms with E-state index in [4.69, 9.17) is 5.73 Å². The van der Waals surface area contributed by atoms with Gasteiger partial charge in [-0.1, -0.05) is 0 Å². The molecular weight excluding hydrogens is 178 g/mol. The summed E-state index contributed by atoms with van der Waals surface area (Å²) < 4.78 is 1.72. The molecule has 2 aromatic rings. The summed E-state index contributed by atoms with van der Waals surface area (Å²) >= 11 is 0. The second kappa shape index (κ2) is 3.45. The normalized spacial score (nSPS) is 10.4. The maximum absolute atomic E-state index is 5.81. The number of nitrogens with two attached hydrogens (primary N) is 1. The van der Waals surface area contributed by atoms with Crippen LogP contribution in [0.4, 0.5) is 5.82 Å². The number of nitrogens with zero attached hydrogens (tertiary/aromatic N) is 4. The van der Waals surface area contributed by atoms with Crippen molar-refractivity contribution in [3.63, 3.8) is 0 Å². The SMILES string of the molecule is Cc1cnn(Cc2ccncn2)c1N. The Labute approximate surface area is 81.6 Å². The second-order valence-electron chi connectivity index (χ2n) is 3.07. The van der Waals surface area contributed by atoms with E-state index in [9.17, 15) is 0 Å². The zero-order chi connectivity index (χ0) is 9.97. The molecule has 0 aliphatic carbocycles. The number of nitrogen functional groups attached to an aromatic ring is 1. The van der Waals surface area contributed by atoms with Crippen LogP contribution in [0, 0.1) is 6.92 Å². The maximum atomic E-state index is 5.81. The summed E-state index contributed by atoms with van der Waals surface area (Å²) in [5.74, 6) is 0.684. The first kappa shape index (κ1) is 8.68. The van der Waals surface area contributed by atoms with Crippen molar-refractivity contribution in [2.45, 2.75) is 13.5 Å². The Morgan fingerprint density at radius 3 is 2.93 bits per heavy atom. The van der Waals surface area contributed by atoms with Crippen molar-refractivity contribution in [2.24, 2.45) is 0 Å². The van der Waals surface area contributed by atoms with E-state index in [2.05, 4.69) is 15.1 Å². The molecule has 0 saturated heterocycles. The van der Waals surface area contributed by atoms with Crippen LogP contribution in [-0.4, -0.2) is 19.7 Å². The van der Waals surface area contributed by atoms with Gasteiger partial charge in [0.25, 0.3) is 0 Å². The molecule has 0 fully saturated rings. The van der Waals surface area contributed by atoms with Crippen molar-refractivity contribution in [2.75, 3.05) is 5.73 Å². The van der Waals surface area contributed by atoms with Gasteiger partial charge < -0.3 is 5.73 Å². The summed E-state index contributed by atoms with van der Waals surface area (Å²) in [6.07, 6.45) is 4.97. The maximum Gasteiger partial charge on any atom is 0.125 e. The van der Waals surface area contributed by atoms with Gasteiger partial charge in [0.05, 0.1) is 18.4 Å². The summed E-state index contributed by atoms with van der Waals surface area (Å²) in [4.78, 5) is 7.94. The molecule has 0 radical (unpaired) electrons. The summed E-state index contributed by atoms with van der Waals surface area (Å²) in [5, 5.41) is 4.14. The van der Waals surface area contributed by atoms with Crippen LogP contribution in [0.25, 0.3) is 0 Å². The number of rotatable bonds is 2. The van der Waals surface area contributed by atoms with E-state index < -0.39 is 0 Å². The average molecular weight is 189 g/mol. The van der Waals surface area contributed by atoms with Gasteiger partial charge in [0.1, 0.15) is 12.1 Å². The van der Waals surface area contributed by atoms with Crippen molar-refractivity contribution in [1.82, 2.24) is 19.7 Å². The van der Waals surface area contributed by atoms with Crippen molar-refractivity contribution in [3.8, 4) is 0 Å². The van der Waals surface area contributed by atoms with Crippen LogP contribution in [0.15, 0.2) is 24.8 Å². The standard InChI is InChI=1S/C9H11N5/c1-7-4-13-14(9(7)10)5-8-2-3-11-6-12-8/h2-4,6H,5,10H2,1H3. The zero-order valence-corrected chi connectivity index (χ0v) is 7.88. The first-order valence-electron chi connectivity index (χ1n) is 4.30. The molecule has 2 heterocycles. The molecule has 2 rings (SSSR count). The zero-order valence-electron chi connectivity index (χ0n) is 7.88. The fourth-order valence-corrected chi connectivity index (χ4v) is 1.18. The minimum atomic E-state index is 0.586. The molecule has 0 atom stereocenters. The van der Waals surface area contributed by atoms with Gasteiger partial charge in [-0.25, -0.2) is 14.6 Å². The Morgan fingerprint density at radius 2 is 2.36 bits per heavy atom. The van der Waals surface area contributed by atoms with E-state index in [0.29, 0.717) is 12.4 Å². The van der Waals surface area contributed by atoms with Crippen molar-refractivity contribution < 1.29 is 0 Å². The summed E-state index contributed by atoms with van der Waals surface area (Å²) in [7, 11) is 0. The first-order valence-corrected chi connectivity index (χ1v) is 4.30. The fourth-order valence-electron chi connectivity index (χ4n) is 1.18. The number of aromatic nitrogens is 4. The molecule has 0 aliphatic heterocycles. The Hall–Kier alpha value is -1.91. The third-order valence-corrected chi connectivity index (χ3v) is 2.03. The number of anilines is 1. The molecule has 0 saturated carbocycles. The van der Waals surface area contributed by atoms with Gasteiger partial charge in [0.15, 0.2) is 0 Å². The minimum Gasteiger partial charge on any atom is -0.384 e. The third-order valence-electron chi connectivity index (χ3n) is 2.03. The lowest BCUT2D eigenvalue weighted by Gasteiger charge is -2.02. The Morgan fingerprint density at radius 1 is 1.50 bits per heavy atom. The molecule has 0 amide bonds. The molecule has 14 heavy (non-hydrogen) atoms. The van der Waals surface area contributed by atoms with Crippen LogP contribution in [0.3, 0.4) is 0 Å². The molecule has 72 valence electrons. The predicted octanol–water partition coefficient (Wildman–Crippen LogP) is 0.612. The van der Waals surface area contributed by atoms with Crippen LogP contribution in [-0.2, 0) is 6.54 Å². The van der Waals surface area contributed by atoms with E-state index in [-0.39, 0.29) is 0 Å². The highest BCUT2D eigenvalue weighted by Gasteiger charge is 2.03. The van der Waals surface area contributed by atoms with Crippen molar-refractivity contribution in [1.29, 1.82) is 0 Å². The van der Waals surface area contributed by atoms with Crippen molar-refractivity contribution >= 4 is 5.82 Å². The lowest BCUT2D eigenvalue weighted by Crippen LogP contribution is -2.07. The minimum absolute atomic E-state index is 0.586. The van der Waals surface area contributed by atoms with E-state index in [1.165, 1.54) is 6.33 Å². The van der Waals surface area contributed by atoms with E-state index >= 15 is 0 Å². The second-order valence-corrected chi connectivity index (χ2v) is 3.07. The third kappa shape index (κ3) is 1.56. The Balaban J connectivity index is 2.23. The highest BCUT2D eigenvalue weighted by atomic mass is 15.3. The summed E-state index contributed by atoms with van der Waals surface area (Å²) in [6.45, 7) is 2.51. The average Bonchev–Trinajstić information content (AvgIpc) is 2.52. The molecule has 0 unspecified atom stereocenters. The largest absolute Gasteiger partial charge is 0.384 e. The Bertz CT molecular complexity index is 420. The number of hydrogen-bond donors (Lipinski definition) is 1. The monoisotopic (exact) mass is 189 g/mol. The van der Waals surface area contributed by atoms with Crippen molar-refractivity contribution in [3.05, 3.63) is 36.0 Å². The van der Waals surface area contributed by atoms with Gasteiger partial charge in [-0.05, 0) is 13.0 Å². The van der Waals surface area contributed by atoms with Gasteiger partial charge in [-0.2, -0.15) is 5.10 Å². The highest BCUT2D eigenvalue weighted by molar-refractivity contribution is 5.37. The molecule has 0 spiro atoms. The van der Waals surface area contributed by atoms with Crippen LogP contribution >= 0.6 is 0 Å². The topological polar surface area (TPSA) is 69.6 Å². The summed E-state index contributed by atoms with van der Waals surface area (Å²) in [6, 6.07) is 1.84. The van der Waals surface area contributed by atoms with Gasteiger partial charge in [0.2, 0.25) is 0 Å². The quantitative estimate of drug-likeness (QED) is 0.751. The van der Waals surface area contributed by atoms with Gasteiger partial charge >= 0.3 is 0 Å². The molecule has 2 N–H and O–H groups in total. The van der Waals surface area contributed by atoms with Crippen LogP contribution in [0.5, 0.6) is 0 Å². The van der Waals surface area contributed by atoms with E-state index in [1.807, 2.05) is 13.0 Å². The van der Waals surface area contributed by atoms with Gasteiger partial charge in [-0.3, -0.25) is 0 Å². The lowest BCUT2D eigenvalue weighted by molar-refractivity contribution is 0.680. The van der Waals surface area contributed by atoms with Gasteiger partial charge in [-0.15, -0.1) is 0 Å². The molecule has 0 aromatic carbocycles. The van der Waals surface area contributed by atoms with Crippen LogP contribution in [0.2, 0.25) is 0 Å². The Kier molecular flexibility index (Phi) is 2.14. The number of hydrogen-bond acceptors (Lipinski definition) is 4. The molecular formula is C9H11N5. The van der Waals surface area contributed by atoms with Crippen LogP contribution in [0.1, 0.15) is 11.3 Å². The van der Waals surface area contributed by atoms with Gasteiger partial charge in [0, 0.05) is 11.8 Å². The molecule has 5 heteroatoms. The highest BCUT2D eigenvalue weighted by Crippen LogP contribution is 2.09. The van der Waals surface area contributed by atoms with E-state index in [1.54, 1.807) is 17.1 Å². The van der Waals surface area contributed by atoms with E-state index in [0.717, 1.165) is 11.3 Å². The first-order chi connectivity index (χ1) is 6.77. The predicted molar refractivity (Wildman–Crippen MR) is 52.5 cm³/mol. The molecule has 0 aliphatic rings. The lowest BCUT2D eigenvalue weighted by atomic mass is 10.3. The molecule has 0 bridgehead atoms. The molecule has 5 nitrogen and oxygen atoms in total. The smallest absolute Gasteiger partial charge is 0.125 e. The fraction of sp³-hybridized carbons (Fsp3) is 0.222.